The maximum Gasteiger partial charge on any atom is 0.136 e. The summed E-state index contributed by atoms with van der Waals surface area (Å²) in [5.74, 6) is 0. The molecule has 9 aromatic carbocycles. The van der Waals surface area contributed by atoms with Crippen molar-refractivity contribution in [2.24, 2.45) is 0 Å². The number of para-hydroxylation sites is 1. The van der Waals surface area contributed by atoms with Gasteiger partial charge in [-0.3, -0.25) is 0 Å². The standard InChI is InChI=1S/C48H28O2/c1-2-10-34-30(9-1)21-26-45-48(34)41-28-33(23-25-44(41)50-45)47-38-14-5-3-12-36(38)46(37-13-4-6-15-39(37)47)31-19-17-29(18-20-31)32-22-24-43-40(27-32)35-11-7-8-16-42(35)49-43/h1-28H. The summed E-state index contributed by atoms with van der Waals surface area (Å²) in [5, 5.41) is 12.0. The first-order valence-electron chi connectivity index (χ1n) is 17.1. The lowest BCUT2D eigenvalue weighted by molar-refractivity contribution is 0.668. The fourth-order valence-electron chi connectivity index (χ4n) is 8.19. The normalized spacial score (nSPS) is 12.0. The molecule has 0 aliphatic carbocycles. The predicted molar refractivity (Wildman–Crippen MR) is 210 cm³/mol. The Morgan fingerprint density at radius 1 is 0.260 bits per heavy atom. The van der Waals surface area contributed by atoms with Crippen LogP contribution in [0.5, 0.6) is 0 Å². The molecule has 2 nitrogen and oxygen atoms in total. The summed E-state index contributed by atoms with van der Waals surface area (Å²) < 4.78 is 12.5. The average molecular weight is 637 g/mol. The Kier molecular flexibility index (Phi) is 5.70. The third kappa shape index (κ3) is 3.96. The van der Waals surface area contributed by atoms with Gasteiger partial charge in [-0.15, -0.1) is 0 Å². The van der Waals surface area contributed by atoms with Crippen molar-refractivity contribution in [3.05, 3.63) is 170 Å². The number of rotatable bonds is 3. The van der Waals surface area contributed by atoms with E-state index >= 15 is 0 Å². The summed E-state index contributed by atoms with van der Waals surface area (Å²) in [6, 6.07) is 61.0. The summed E-state index contributed by atoms with van der Waals surface area (Å²) in [7, 11) is 0. The first kappa shape index (κ1) is 27.3. The van der Waals surface area contributed by atoms with Crippen molar-refractivity contribution >= 4 is 76.2 Å². The molecule has 0 fully saturated rings. The second-order valence-corrected chi connectivity index (χ2v) is 13.2. The molecule has 0 N–H and O–H groups in total. The Balaban J connectivity index is 1.10. The molecule has 0 aliphatic rings. The maximum absolute atomic E-state index is 6.38. The zero-order valence-corrected chi connectivity index (χ0v) is 27.0. The highest BCUT2D eigenvalue weighted by Gasteiger charge is 2.19. The molecule has 0 amide bonds. The summed E-state index contributed by atoms with van der Waals surface area (Å²) in [6.45, 7) is 0. The van der Waals surface area contributed by atoms with Crippen molar-refractivity contribution in [3.8, 4) is 33.4 Å². The van der Waals surface area contributed by atoms with E-state index in [4.69, 9.17) is 8.83 Å². The number of fused-ring (bicyclic) bond motifs is 10. The van der Waals surface area contributed by atoms with Gasteiger partial charge in [0.25, 0.3) is 0 Å². The van der Waals surface area contributed by atoms with Crippen LogP contribution in [-0.2, 0) is 0 Å². The molecule has 2 heterocycles. The average Bonchev–Trinajstić information content (AvgIpc) is 3.75. The molecular formula is C48H28O2. The molecule has 50 heavy (non-hydrogen) atoms. The van der Waals surface area contributed by atoms with Crippen molar-refractivity contribution in [2.75, 3.05) is 0 Å². The van der Waals surface area contributed by atoms with Crippen LogP contribution in [0, 0.1) is 0 Å². The minimum atomic E-state index is 0.908. The van der Waals surface area contributed by atoms with Gasteiger partial charge in [0, 0.05) is 21.5 Å². The number of hydrogen-bond donors (Lipinski definition) is 0. The van der Waals surface area contributed by atoms with Crippen molar-refractivity contribution < 1.29 is 8.83 Å². The van der Waals surface area contributed by atoms with Gasteiger partial charge in [0.2, 0.25) is 0 Å². The lowest BCUT2D eigenvalue weighted by atomic mass is 9.85. The van der Waals surface area contributed by atoms with Gasteiger partial charge >= 0.3 is 0 Å². The molecule has 0 saturated heterocycles. The third-order valence-corrected chi connectivity index (χ3v) is 10.5. The Labute approximate surface area is 287 Å². The first-order valence-corrected chi connectivity index (χ1v) is 17.1. The quantitative estimate of drug-likeness (QED) is 0.180. The fourth-order valence-corrected chi connectivity index (χ4v) is 8.19. The van der Waals surface area contributed by atoms with Crippen LogP contribution < -0.4 is 0 Å². The van der Waals surface area contributed by atoms with E-state index in [2.05, 4.69) is 158 Å². The monoisotopic (exact) mass is 636 g/mol. The zero-order chi connectivity index (χ0) is 32.8. The lowest BCUT2D eigenvalue weighted by Crippen LogP contribution is -1.91. The minimum Gasteiger partial charge on any atom is -0.456 e. The predicted octanol–water partition coefficient (Wildman–Crippen LogP) is 13.9. The van der Waals surface area contributed by atoms with Gasteiger partial charge in [0.05, 0.1) is 0 Å². The second kappa shape index (κ2) is 10.4. The zero-order valence-electron chi connectivity index (χ0n) is 27.0. The molecule has 2 aromatic heterocycles. The van der Waals surface area contributed by atoms with E-state index in [-0.39, 0.29) is 0 Å². The molecule has 0 spiro atoms. The van der Waals surface area contributed by atoms with Crippen LogP contribution in [0.2, 0.25) is 0 Å². The molecule has 0 radical (unpaired) electrons. The molecule has 2 heteroatoms. The molecule has 0 bridgehead atoms. The van der Waals surface area contributed by atoms with E-state index in [1.807, 2.05) is 12.1 Å². The summed E-state index contributed by atoms with van der Waals surface area (Å²) in [6.07, 6.45) is 0. The molecule has 11 rings (SSSR count). The Hall–Kier alpha value is -6.64. The van der Waals surface area contributed by atoms with Crippen molar-refractivity contribution in [1.29, 1.82) is 0 Å². The molecule has 0 atom stereocenters. The molecule has 11 aromatic rings. The van der Waals surface area contributed by atoms with Gasteiger partial charge in [-0.25, -0.2) is 0 Å². The first-order chi connectivity index (χ1) is 24.8. The number of furan rings is 2. The Bertz CT molecular complexity index is 3080. The topological polar surface area (TPSA) is 26.3 Å². The van der Waals surface area contributed by atoms with Gasteiger partial charge in [-0.1, -0.05) is 133 Å². The van der Waals surface area contributed by atoms with E-state index in [1.165, 1.54) is 71.1 Å². The van der Waals surface area contributed by atoms with Crippen molar-refractivity contribution in [1.82, 2.24) is 0 Å². The van der Waals surface area contributed by atoms with Crippen LogP contribution in [0.1, 0.15) is 0 Å². The highest BCUT2D eigenvalue weighted by Crippen LogP contribution is 2.45. The minimum absolute atomic E-state index is 0.908. The van der Waals surface area contributed by atoms with E-state index < -0.39 is 0 Å². The van der Waals surface area contributed by atoms with Crippen LogP contribution >= 0.6 is 0 Å². The molecular weight excluding hydrogens is 609 g/mol. The Morgan fingerprint density at radius 3 is 1.44 bits per heavy atom. The van der Waals surface area contributed by atoms with Gasteiger partial charge in [-0.05, 0) is 102 Å². The SMILES string of the molecule is c1ccc2c(c1)ccc1oc3ccc(-c4c5ccccc5c(-c5ccc(-c6ccc7oc8ccccc8c7c6)cc5)c5ccccc45)cc3c12. The maximum atomic E-state index is 6.38. The highest BCUT2D eigenvalue weighted by molar-refractivity contribution is 6.23. The highest BCUT2D eigenvalue weighted by atomic mass is 16.3. The molecule has 0 aliphatic heterocycles. The summed E-state index contributed by atoms with van der Waals surface area (Å²) in [4.78, 5) is 0. The largest absolute Gasteiger partial charge is 0.456 e. The third-order valence-electron chi connectivity index (χ3n) is 10.5. The van der Waals surface area contributed by atoms with Crippen LogP contribution in [0.15, 0.2) is 179 Å². The Morgan fingerprint density at radius 2 is 0.720 bits per heavy atom. The van der Waals surface area contributed by atoms with E-state index in [0.717, 1.165) is 38.5 Å². The van der Waals surface area contributed by atoms with Gasteiger partial charge in [-0.2, -0.15) is 0 Å². The molecule has 0 unspecified atom stereocenters. The molecule has 0 saturated carbocycles. The van der Waals surface area contributed by atoms with Gasteiger partial charge < -0.3 is 8.83 Å². The smallest absolute Gasteiger partial charge is 0.136 e. The van der Waals surface area contributed by atoms with Crippen LogP contribution in [0.25, 0.3) is 110 Å². The summed E-state index contributed by atoms with van der Waals surface area (Å²) >= 11 is 0. The van der Waals surface area contributed by atoms with Crippen LogP contribution in [0.3, 0.4) is 0 Å². The van der Waals surface area contributed by atoms with Crippen LogP contribution in [0.4, 0.5) is 0 Å². The number of hydrogen-bond acceptors (Lipinski definition) is 2. The van der Waals surface area contributed by atoms with E-state index in [1.54, 1.807) is 0 Å². The van der Waals surface area contributed by atoms with E-state index in [9.17, 15) is 0 Å². The van der Waals surface area contributed by atoms with Crippen molar-refractivity contribution in [3.63, 3.8) is 0 Å². The molecule has 232 valence electrons. The number of benzene rings is 9. The lowest BCUT2D eigenvalue weighted by Gasteiger charge is -2.18. The summed E-state index contributed by atoms with van der Waals surface area (Å²) in [5.41, 5.74) is 10.9. The fraction of sp³-hybridized carbons (Fsp3) is 0. The van der Waals surface area contributed by atoms with Gasteiger partial charge in [0.15, 0.2) is 0 Å². The second-order valence-electron chi connectivity index (χ2n) is 13.2. The van der Waals surface area contributed by atoms with E-state index in [0.29, 0.717) is 0 Å². The van der Waals surface area contributed by atoms with Crippen LogP contribution in [-0.4, -0.2) is 0 Å². The van der Waals surface area contributed by atoms with Gasteiger partial charge in [0.1, 0.15) is 22.3 Å². The van der Waals surface area contributed by atoms with Crippen molar-refractivity contribution in [2.45, 2.75) is 0 Å².